The van der Waals surface area contributed by atoms with Crippen LogP contribution in [0.3, 0.4) is 0 Å². The molecule has 2 aromatic heterocycles. The molecule has 1 atom stereocenters. The van der Waals surface area contributed by atoms with Crippen LogP contribution in [-0.2, 0) is 6.42 Å². The maximum atomic E-state index is 12.7. The number of hydrogen-bond donors (Lipinski definition) is 1. The lowest BCUT2D eigenvalue weighted by Crippen LogP contribution is -2.45. The molecule has 148 valence electrons. The van der Waals surface area contributed by atoms with Crippen molar-refractivity contribution >= 4 is 11.7 Å². The van der Waals surface area contributed by atoms with Gasteiger partial charge in [-0.25, -0.2) is 9.50 Å². The molecule has 1 aromatic carbocycles. The van der Waals surface area contributed by atoms with Gasteiger partial charge in [-0.3, -0.25) is 9.69 Å². The van der Waals surface area contributed by atoms with Gasteiger partial charge in [0.1, 0.15) is 0 Å². The number of aryl methyl sites for hydroxylation is 2. The van der Waals surface area contributed by atoms with Gasteiger partial charge in [-0.1, -0.05) is 44.2 Å². The Morgan fingerprint density at radius 2 is 1.86 bits per heavy atom. The van der Waals surface area contributed by atoms with Gasteiger partial charge in [-0.2, -0.15) is 4.98 Å². The van der Waals surface area contributed by atoms with Crippen molar-refractivity contribution in [3.8, 4) is 0 Å². The van der Waals surface area contributed by atoms with E-state index in [1.807, 2.05) is 38.1 Å². The van der Waals surface area contributed by atoms with Crippen LogP contribution in [0.4, 0.5) is 0 Å². The van der Waals surface area contributed by atoms with Crippen molar-refractivity contribution < 1.29 is 4.79 Å². The van der Waals surface area contributed by atoms with E-state index in [1.54, 1.807) is 4.52 Å². The largest absolute Gasteiger partial charge is 0.348 e. The van der Waals surface area contributed by atoms with Gasteiger partial charge in [0.25, 0.3) is 11.7 Å². The van der Waals surface area contributed by atoms with Crippen molar-refractivity contribution in [2.24, 2.45) is 0 Å². The Kier molecular flexibility index (Phi) is 6.36. The molecule has 0 fully saturated rings. The van der Waals surface area contributed by atoms with Crippen molar-refractivity contribution in [3.63, 3.8) is 0 Å². The molecule has 1 unspecified atom stereocenters. The Morgan fingerprint density at radius 1 is 1.14 bits per heavy atom. The van der Waals surface area contributed by atoms with Crippen LogP contribution in [0.1, 0.15) is 41.4 Å². The molecular weight excluding hydrogens is 352 g/mol. The summed E-state index contributed by atoms with van der Waals surface area (Å²) >= 11 is 0. The summed E-state index contributed by atoms with van der Waals surface area (Å²) in [7, 11) is 0. The molecule has 0 bridgehead atoms. The first-order chi connectivity index (χ1) is 13.5. The van der Waals surface area contributed by atoms with Crippen LogP contribution in [0, 0.1) is 13.8 Å². The zero-order valence-corrected chi connectivity index (χ0v) is 17.0. The number of hydrogen-bond acceptors (Lipinski definition) is 5. The molecule has 0 saturated heterocycles. The molecule has 2 heterocycles. The minimum atomic E-state index is -0.271. The molecule has 0 aliphatic heterocycles. The minimum absolute atomic E-state index is 0.152. The van der Waals surface area contributed by atoms with Crippen molar-refractivity contribution in [2.75, 3.05) is 19.6 Å². The summed E-state index contributed by atoms with van der Waals surface area (Å²) in [6, 6.07) is 12.5. The second-order valence-corrected chi connectivity index (χ2v) is 6.96. The van der Waals surface area contributed by atoms with Gasteiger partial charge in [0, 0.05) is 24.0 Å². The van der Waals surface area contributed by atoms with Crippen LogP contribution in [-0.4, -0.2) is 56.1 Å². The number of nitrogens with zero attached hydrogens (tertiary/aromatic N) is 5. The number of carbonyl (C=O) groups is 1. The van der Waals surface area contributed by atoms with E-state index < -0.39 is 0 Å². The third-order valence-electron chi connectivity index (χ3n) is 4.96. The maximum Gasteiger partial charge on any atom is 0.291 e. The fourth-order valence-electron chi connectivity index (χ4n) is 3.51. The first-order valence-electron chi connectivity index (χ1n) is 9.79. The second kappa shape index (κ2) is 8.93. The van der Waals surface area contributed by atoms with Gasteiger partial charge >= 0.3 is 0 Å². The van der Waals surface area contributed by atoms with Crippen LogP contribution in [0.2, 0.25) is 0 Å². The van der Waals surface area contributed by atoms with E-state index in [0.29, 0.717) is 12.3 Å². The van der Waals surface area contributed by atoms with Gasteiger partial charge in [0.15, 0.2) is 0 Å². The molecule has 0 aliphatic carbocycles. The molecule has 28 heavy (non-hydrogen) atoms. The third-order valence-corrected chi connectivity index (χ3v) is 4.96. The zero-order chi connectivity index (χ0) is 20.1. The number of amides is 1. The van der Waals surface area contributed by atoms with Crippen LogP contribution >= 0.6 is 0 Å². The lowest BCUT2D eigenvalue weighted by atomic mass is 10.0. The van der Waals surface area contributed by atoms with E-state index in [2.05, 4.69) is 51.3 Å². The number of fused-ring (bicyclic) bond motifs is 1. The van der Waals surface area contributed by atoms with Crippen LogP contribution in [0.25, 0.3) is 5.78 Å². The summed E-state index contributed by atoms with van der Waals surface area (Å²) in [6.07, 6.45) is 0.876. The smallest absolute Gasteiger partial charge is 0.291 e. The van der Waals surface area contributed by atoms with Gasteiger partial charge in [-0.15, -0.1) is 5.10 Å². The molecule has 7 heteroatoms. The SMILES string of the molecule is CCN(CC)C(CNC(=O)c1nc2nc(C)cc(C)n2n1)Cc1ccccc1. The van der Waals surface area contributed by atoms with Crippen molar-refractivity contribution in [3.05, 3.63) is 59.2 Å². The summed E-state index contributed by atoms with van der Waals surface area (Å²) < 4.78 is 1.60. The topological polar surface area (TPSA) is 75.4 Å². The van der Waals surface area contributed by atoms with E-state index in [1.165, 1.54) is 5.56 Å². The molecular formula is C21H28N6O. The normalized spacial score (nSPS) is 12.5. The van der Waals surface area contributed by atoms with Crippen molar-refractivity contribution in [1.29, 1.82) is 0 Å². The minimum Gasteiger partial charge on any atom is -0.348 e. The number of aromatic nitrogens is 4. The average molecular weight is 380 g/mol. The third kappa shape index (κ3) is 4.54. The van der Waals surface area contributed by atoms with Gasteiger partial charge in [0.05, 0.1) is 0 Å². The Bertz CT molecular complexity index is 933. The lowest BCUT2D eigenvalue weighted by Gasteiger charge is -2.30. The molecule has 0 radical (unpaired) electrons. The highest BCUT2D eigenvalue weighted by atomic mass is 16.2. The van der Waals surface area contributed by atoms with E-state index in [4.69, 9.17) is 0 Å². The van der Waals surface area contributed by atoms with Gasteiger partial charge < -0.3 is 5.32 Å². The number of likely N-dealkylation sites (N-methyl/N-ethyl adjacent to an activating group) is 1. The average Bonchev–Trinajstić information content (AvgIpc) is 3.12. The Balaban J connectivity index is 1.73. The predicted molar refractivity (Wildman–Crippen MR) is 109 cm³/mol. The maximum absolute atomic E-state index is 12.7. The van der Waals surface area contributed by atoms with E-state index in [-0.39, 0.29) is 17.8 Å². The summed E-state index contributed by atoms with van der Waals surface area (Å²) in [6.45, 7) is 10.5. The molecule has 3 aromatic rings. The fraction of sp³-hybridized carbons (Fsp3) is 0.429. The molecule has 7 nitrogen and oxygen atoms in total. The molecule has 1 N–H and O–H groups in total. The summed E-state index contributed by atoms with van der Waals surface area (Å²) in [4.78, 5) is 23.7. The molecule has 1 amide bonds. The van der Waals surface area contributed by atoms with Gasteiger partial charge in [0.2, 0.25) is 5.82 Å². The highest BCUT2D eigenvalue weighted by Crippen LogP contribution is 2.10. The zero-order valence-electron chi connectivity index (χ0n) is 17.0. The number of benzene rings is 1. The van der Waals surface area contributed by atoms with Gasteiger partial charge in [-0.05, 0) is 45.0 Å². The monoisotopic (exact) mass is 380 g/mol. The predicted octanol–water partition coefficient (Wildman–Crippen LogP) is 2.42. The Hall–Kier alpha value is -2.80. The lowest BCUT2D eigenvalue weighted by molar-refractivity contribution is 0.0924. The number of rotatable bonds is 8. The standard InChI is InChI=1S/C21H28N6O/c1-5-26(6-2)18(13-17-10-8-7-9-11-17)14-22-20(28)19-24-21-23-15(3)12-16(4)27(21)25-19/h7-12,18H,5-6,13-14H2,1-4H3,(H,22,28). The summed E-state index contributed by atoms with van der Waals surface area (Å²) in [5.74, 6) is 0.333. The van der Waals surface area contributed by atoms with E-state index in [0.717, 1.165) is 30.9 Å². The van der Waals surface area contributed by atoms with E-state index >= 15 is 0 Å². The van der Waals surface area contributed by atoms with Crippen LogP contribution < -0.4 is 5.32 Å². The van der Waals surface area contributed by atoms with Crippen molar-refractivity contribution in [1.82, 2.24) is 29.8 Å². The quantitative estimate of drug-likeness (QED) is 0.650. The van der Waals surface area contributed by atoms with Crippen molar-refractivity contribution in [2.45, 2.75) is 40.2 Å². The second-order valence-electron chi connectivity index (χ2n) is 6.96. The fourth-order valence-corrected chi connectivity index (χ4v) is 3.51. The first-order valence-corrected chi connectivity index (χ1v) is 9.79. The molecule has 0 aliphatic rings. The number of nitrogens with one attached hydrogen (secondary N) is 1. The van der Waals surface area contributed by atoms with E-state index in [9.17, 15) is 4.79 Å². The first kappa shape index (κ1) is 19.9. The Labute approximate surface area is 165 Å². The highest BCUT2D eigenvalue weighted by Gasteiger charge is 2.20. The molecule has 3 rings (SSSR count). The molecule has 0 saturated carbocycles. The highest BCUT2D eigenvalue weighted by molar-refractivity contribution is 5.90. The molecule has 0 spiro atoms. The van der Waals surface area contributed by atoms with Crippen LogP contribution in [0.5, 0.6) is 0 Å². The van der Waals surface area contributed by atoms with Crippen LogP contribution in [0.15, 0.2) is 36.4 Å². The summed E-state index contributed by atoms with van der Waals surface area (Å²) in [5.41, 5.74) is 3.02. The number of carbonyl (C=O) groups excluding carboxylic acids is 1. The summed E-state index contributed by atoms with van der Waals surface area (Å²) in [5, 5.41) is 7.33. The Morgan fingerprint density at radius 3 is 2.54 bits per heavy atom.